The Morgan fingerprint density at radius 1 is 1.15 bits per heavy atom. The van der Waals surface area contributed by atoms with Crippen LogP contribution < -0.4 is 5.32 Å². The first-order chi connectivity index (χ1) is 19.0. The molecule has 40 heavy (non-hydrogen) atoms. The summed E-state index contributed by atoms with van der Waals surface area (Å²) in [6.07, 6.45) is 2.43. The van der Waals surface area contributed by atoms with Gasteiger partial charge in [-0.2, -0.15) is 0 Å². The Hall–Kier alpha value is -3.02. The molecule has 0 aromatic heterocycles. The van der Waals surface area contributed by atoms with Crippen molar-refractivity contribution >= 4 is 51.5 Å². The molecule has 1 saturated heterocycles. The van der Waals surface area contributed by atoms with E-state index in [2.05, 4.69) is 15.3 Å². The lowest BCUT2D eigenvalue weighted by Gasteiger charge is -2.27. The number of nitrogens with zero attached hydrogens (tertiary/aromatic N) is 4. The minimum Gasteiger partial charge on any atom is -0.458 e. The number of hydrogen-bond acceptors (Lipinski definition) is 9. The van der Waals surface area contributed by atoms with E-state index >= 15 is 0 Å². The van der Waals surface area contributed by atoms with Crippen molar-refractivity contribution in [1.82, 2.24) is 10.2 Å². The maximum absolute atomic E-state index is 13.1. The molecule has 2 amide bonds. The predicted molar refractivity (Wildman–Crippen MR) is 154 cm³/mol. The Morgan fingerprint density at radius 2 is 1.88 bits per heavy atom. The smallest absolute Gasteiger partial charge is 0.329 e. The second-order valence-corrected chi connectivity index (χ2v) is 12.4. The third-order valence-corrected chi connectivity index (χ3v) is 7.70. The topological polar surface area (TPSA) is 159 Å². The van der Waals surface area contributed by atoms with Gasteiger partial charge in [-0.1, -0.05) is 46.8 Å². The molecule has 1 heterocycles. The highest BCUT2D eigenvalue weighted by atomic mass is 32.2. The molecule has 2 atom stereocenters. The van der Waals surface area contributed by atoms with Crippen molar-refractivity contribution in [2.24, 2.45) is 5.11 Å². The fourth-order valence-corrected chi connectivity index (χ4v) is 5.54. The fourth-order valence-electron chi connectivity index (χ4n) is 3.96. The van der Waals surface area contributed by atoms with Gasteiger partial charge in [0.05, 0.1) is 11.8 Å². The number of hydrogen-bond donors (Lipinski definition) is 1. The van der Waals surface area contributed by atoms with E-state index < -0.39 is 28.8 Å². The first kappa shape index (κ1) is 33.2. The minimum absolute atomic E-state index is 0.0501. The number of thioether (sulfide) groups is 2. The van der Waals surface area contributed by atoms with Crippen molar-refractivity contribution in [2.75, 3.05) is 18.8 Å². The average Bonchev–Trinajstić information content (AvgIpc) is 3.39. The first-order valence-electron chi connectivity index (χ1n) is 13.2. The van der Waals surface area contributed by atoms with E-state index in [1.54, 1.807) is 20.8 Å². The van der Waals surface area contributed by atoms with Gasteiger partial charge in [0.25, 0.3) is 0 Å². The first-order valence-corrected chi connectivity index (χ1v) is 15.1. The minimum atomic E-state index is -0.956. The molecule has 1 fully saturated rings. The summed E-state index contributed by atoms with van der Waals surface area (Å²) in [5.41, 5.74) is 7.68. The summed E-state index contributed by atoms with van der Waals surface area (Å²) < 4.78 is 5.45. The molecule has 1 aromatic carbocycles. The van der Waals surface area contributed by atoms with Gasteiger partial charge in [-0.3, -0.25) is 19.2 Å². The van der Waals surface area contributed by atoms with Crippen molar-refractivity contribution in [1.29, 1.82) is 0 Å². The van der Waals surface area contributed by atoms with Crippen molar-refractivity contribution in [3.05, 3.63) is 40.8 Å². The zero-order chi connectivity index (χ0) is 29.5. The number of nitrogens with one attached hydrogen (secondary N) is 1. The highest BCUT2D eigenvalue weighted by molar-refractivity contribution is 8.14. The Labute approximate surface area is 243 Å². The van der Waals surface area contributed by atoms with Crippen LogP contribution in [0.25, 0.3) is 10.4 Å². The molecule has 0 unspecified atom stereocenters. The maximum atomic E-state index is 13.1. The molecule has 13 heteroatoms. The van der Waals surface area contributed by atoms with Crippen LogP contribution in [0.4, 0.5) is 0 Å². The summed E-state index contributed by atoms with van der Waals surface area (Å²) in [6.45, 7) is 5.96. The summed E-state index contributed by atoms with van der Waals surface area (Å²) in [5, 5.41) is 5.56. The van der Waals surface area contributed by atoms with Gasteiger partial charge in [-0.15, -0.1) is 0 Å². The number of amides is 2. The third kappa shape index (κ3) is 12.4. The summed E-state index contributed by atoms with van der Waals surface area (Å²) in [5.74, 6) is -1.37. The van der Waals surface area contributed by atoms with Crippen molar-refractivity contribution in [3.63, 3.8) is 0 Å². The van der Waals surface area contributed by atoms with Gasteiger partial charge in [0, 0.05) is 35.7 Å². The van der Waals surface area contributed by atoms with Crippen LogP contribution in [0.5, 0.6) is 0 Å². The van der Waals surface area contributed by atoms with Gasteiger partial charge in [-0.05, 0) is 70.5 Å². The quantitative estimate of drug-likeness (QED) is 0.0818. The van der Waals surface area contributed by atoms with Crippen molar-refractivity contribution < 1.29 is 28.7 Å². The highest BCUT2D eigenvalue weighted by Crippen LogP contribution is 2.24. The number of benzene rings is 1. The number of carbonyl (C=O) groups is 5. The number of carbonyl (C=O) groups excluding carboxylic acids is 5. The molecule has 0 spiro atoms. The Kier molecular flexibility index (Phi) is 14.1. The Morgan fingerprint density at radius 3 is 2.55 bits per heavy atom. The van der Waals surface area contributed by atoms with Gasteiger partial charge in [-0.25, -0.2) is 4.79 Å². The lowest BCUT2D eigenvalue weighted by atomic mass is 10.1. The standard InChI is InChI=1S/C27H37N5O6S2/c1-27(2,3)38-25(36)21-12-9-17-32(21)23(34)18-39-26(37)20(30-22(33)13-7-8-16-29-31-28)14-15-24(35)40-19-10-5-4-6-11-19/h4-6,10-11,20-21H,7-9,12-18H2,1-3H3,(H,30,33)/t20-,21+/m0/s1. The van der Waals surface area contributed by atoms with Crippen LogP contribution in [0, 0.1) is 0 Å². The van der Waals surface area contributed by atoms with Crippen LogP contribution in [-0.4, -0.2) is 69.4 Å². The zero-order valence-electron chi connectivity index (χ0n) is 23.2. The van der Waals surface area contributed by atoms with Gasteiger partial charge in [0.15, 0.2) is 5.12 Å². The summed E-state index contributed by atoms with van der Waals surface area (Å²) >= 11 is 1.83. The molecule has 218 valence electrons. The second kappa shape index (κ2) is 16.9. The van der Waals surface area contributed by atoms with E-state index in [1.165, 1.54) is 4.90 Å². The SMILES string of the molecule is CC(C)(C)OC(=O)[C@H]1CCCN1C(=O)CSC(=O)[C@H](CCC(=O)Sc1ccccc1)NC(=O)CCCCN=[N+]=[N-]. The normalized spacial score (nSPS) is 15.6. The highest BCUT2D eigenvalue weighted by Gasteiger charge is 2.37. The van der Waals surface area contributed by atoms with E-state index in [-0.39, 0.29) is 48.5 Å². The number of unbranched alkanes of at least 4 members (excludes halogenated alkanes) is 1. The molecule has 0 bridgehead atoms. The molecule has 1 aromatic rings. The maximum Gasteiger partial charge on any atom is 0.329 e. The van der Waals surface area contributed by atoms with E-state index in [0.29, 0.717) is 32.2 Å². The van der Waals surface area contributed by atoms with E-state index in [4.69, 9.17) is 10.3 Å². The van der Waals surface area contributed by atoms with Gasteiger partial charge < -0.3 is 15.0 Å². The molecule has 11 nitrogen and oxygen atoms in total. The summed E-state index contributed by atoms with van der Waals surface area (Å²) in [4.78, 5) is 68.6. The molecule has 2 rings (SSSR count). The largest absolute Gasteiger partial charge is 0.458 e. The molecule has 0 saturated carbocycles. The van der Waals surface area contributed by atoms with Crippen LogP contribution >= 0.6 is 23.5 Å². The van der Waals surface area contributed by atoms with E-state index in [1.807, 2.05) is 30.3 Å². The molecule has 1 aliphatic heterocycles. The number of esters is 1. The number of rotatable bonds is 14. The Bertz CT molecular complexity index is 1090. The van der Waals surface area contributed by atoms with Gasteiger partial charge in [0.1, 0.15) is 11.6 Å². The van der Waals surface area contributed by atoms with E-state index in [0.717, 1.165) is 28.4 Å². The lowest BCUT2D eigenvalue weighted by molar-refractivity contribution is -0.162. The van der Waals surface area contributed by atoms with Crippen LogP contribution in [0.2, 0.25) is 0 Å². The summed E-state index contributed by atoms with van der Waals surface area (Å²) in [7, 11) is 0. The lowest BCUT2D eigenvalue weighted by Crippen LogP contribution is -2.45. The molecule has 0 radical (unpaired) electrons. The van der Waals surface area contributed by atoms with E-state index in [9.17, 15) is 24.0 Å². The molecular weight excluding hydrogens is 554 g/mol. The van der Waals surface area contributed by atoms with Crippen LogP contribution in [0.3, 0.4) is 0 Å². The number of azide groups is 1. The summed E-state index contributed by atoms with van der Waals surface area (Å²) in [6, 6.07) is 7.49. The zero-order valence-corrected chi connectivity index (χ0v) is 24.8. The number of likely N-dealkylation sites (tertiary alicyclic amines) is 1. The third-order valence-electron chi connectivity index (χ3n) is 5.80. The van der Waals surface area contributed by atoms with Crippen molar-refractivity contribution in [2.45, 2.75) is 88.3 Å². The van der Waals surface area contributed by atoms with Crippen LogP contribution in [-0.2, 0) is 28.7 Å². The molecule has 1 aliphatic rings. The van der Waals surface area contributed by atoms with Crippen LogP contribution in [0.15, 0.2) is 40.3 Å². The molecular formula is C27H37N5O6S2. The molecule has 1 N–H and O–H groups in total. The predicted octanol–water partition coefficient (Wildman–Crippen LogP) is 4.64. The molecule has 0 aliphatic carbocycles. The van der Waals surface area contributed by atoms with Gasteiger partial charge in [0.2, 0.25) is 16.9 Å². The van der Waals surface area contributed by atoms with Gasteiger partial charge >= 0.3 is 5.97 Å². The second-order valence-electron chi connectivity index (χ2n) is 10.2. The average molecular weight is 592 g/mol. The number of ether oxygens (including phenoxy) is 1. The Balaban J connectivity index is 1.96. The van der Waals surface area contributed by atoms with Crippen molar-refractivity contribution in [3.8, 4) is 0 Å². The van der Waals surface area contributed by atoms with Crippen LogP contribution in [0.1, 0.15) is 65.7 Å². The fraction of sp³-hybridized carbons (Fsp3) is 0.593. The monoisotopic (exact) mass is 591 g/mol.